The Morgan fingerprint density at radius 2 is 1.81 bits per heavy atom. The molecule has 0 radical (unpaired) electrons. The Labute approximate surface area is 178 Å². The van der Waals surface area contributed by atoms with Crippen molar-refractivity contribution in [3.63, 3.8) is 0 Å². The molecule has 8 nitrogen and oxygen atoms in total. The Kier molecular flexibility index (Phi) is 5.24. The van der Waals surface area contributed by atoms with Crippen LogP contribution in [-0.2, 0) is 7.05 Å². The fourth-order valence-electron chi connectivity index (χ4n) is 3.29. The molecule has 8 heteroatoms. The molecule has 0 aliphatic carbocycles. The molecule has 0 amide bonds. The van der Waals surface area contributed by atoms with Crippen LogP contribution in [-0.4, -0.2) is 33.6 Å². The van der Waals surface area contributed by atoms with E-state index >= 15 is 0 Å². The largest absolute Gasteiger partial charge is 0.494 e. The summed E-state index contributed by atoms with van der Waals surface area (Å²) < 4.78 is 13.7. The zero-order valence-corrected chi connectivity index (χ0v) is 17.2. The van der Waals surface area contributed by atoms with Crippen molar-refractivity contribution >= 4 is 0 Å². The van der Waals surface area contributed by atoms with Crippen molar-refractivity contribution in [2.75, 3.05) is 14.2 Å². The summed E-state index contributed by atoms with van der Waals surface area (Å²) in [6.07, 6.45) is 6.98. The highest BCUT2D eigenvalue weighted by Crippen LogP contribution is 2.32. The Hall–Kier alpha value is -4.38. The summed E-state index contributed by atoms with van der Waals surface area (Å²) in [5.74, 6) is 1.08. The molecule has 31 heavy (non-hydrogen) atoms. The first-order chi connectivity index (χ1) is 15.0. The summed E-state index contributed by atoms with van der Waals surface area (Å²) in [7, 11) is 4.82. The number of aromatic nitrogens is 4. The van der Waals surface area contributed by atoms with Gasteiger partial charge in [0.2, 0.25) is 5.88 Å². The second-order valence-corrected chi connectivity index (χ2v) is 6.81. The van der Waals surface area contributed by atoms with Crippen LogP contribution in [0.5, 0.6) is 11.6 Å². The number of hydrogen-bond acceptors (Lipinski definition) is 6. The van der Waals surface area contributed by atoms with E-state index in [1.54, 1.807) is 74.9 Å². The van der Waals surface area contributed by atoms with Crippen molar-refractivity contribution in [2.24, 2.45) is 7.05 Å². The lowest BCUT2D eigenvalue weighted by Crippen LogP contribution is -2.15. The van der Waals surface area contributed by atoms with Gasteiger partial charge >= 0.3 is 0 Å². The molecule has 0 aliphatic rings. The van der Waals surface area contributed by atoms with Crippen LogP contribution in [0.15, 0.2) is 66.0 Å². The van der Waals surface area contributed by atoms with Crippen LogP contribution in [0, 0.1) is 11.3 Å². The van der Waals surface area contributed by atoms with Gasteiger partial charge in [0.05, 0.1) is 32.0 Å². The molecule has 3 heterocycles. The first-order valence-corrected chi connectivity index (χ1v) is 9.38. The summed E-state index contributed by atoms with van der Waals surface area (Å²) in [5, 5.41) is 13.7. The van der Waals surface area contributed by atoms with Crippen molar-refractivity contribution in [3.8, 4) is 45.6 Å². The van der Waals surface area contributed by atoms with Crippen LogP contribution >= 0.6 is 0 Å². The number of ether oxygens (including phenoxy) is 2. The molecule has 0 fully saturated rings. The van der Waals surface area contributed by atoms with Crippen molar-refractivity contribution in [2.45, 2.75) is 0 Å². The average Bonchev–Trinajstić information content (AvgIpc) is 3.30. The van der Waals surface area contributed by atoms with Gasteiger partial charge in [-0.25, -0.2) is 9.67 Å². The molecule has 0 aliphatic heterocycles. The quantitative estimate of drug-likeness (QED) is 0.499. The third kappa shape index (κ3) is 3.76. The monoisotopic (exact) mass is 413 g/mol. The smallest absolute Gasteiger partial charge is 0.250 e. The predicted octanol–water partition coefficient (Wildman–Crippen LogP) is 3.19. The highest BCUT2D eigenvalue weighted by atomic mass is 16.5. The van der Waals surface area contributed by atoms with E-state index < -0.39 is 0 Å². The SMILES string of the molecule is COc1ccc(-c2cc(=O)n(C)cc2-c2cnn(-c3cc(C#N)ccc3OC)c2)cn1. The topological polar surface area (TPSA) is 95.0 Å². The van der Waals surface area contributed by atoms with E-state index in [9.17, 15) is 10.1 Å². The van der Waals surface area contributed by atoms with Gasteiger partial charge in [0.25, 0.3) is 5.56 Å². The maximum absolute atomic E-state index is 12.4. The molecular weight excluding hydrogens is 394 g/mol. The highest BCUT2D eigenvalue weighted by Gasteiger charge is 2.15. The van der Waals surface area contributed by atoms with E-state index in [1.807, 2.05) is 12.3 Å². The molecule has 154 valence electrons. The molecule has 0 saturated heterocycles. The van der Waals surface area contributed by atoms with Crippen LogP contribution in [0.3, 0.4) is 0 Å². The van der Waals surface area contributed by atoms with Crippen molar-refractivity contribution in [3.05, 3.63) is 77.1 Å². The summed E-state index contributed by atoms with van der Waals surface area (Å²) in [6, 6.07) is 12.4. The van der Waals surface area contributed by atoms with Crippen molar-refractivity contribution in [1.29, 1.82) is 5.26 Å². The van der Waals surface area contributed by atoms with Gasteiger partial charge in [-0.05, 0) is 29.8 Å². The molecule has 0 N–H and O–H groups in total. The fraction of sp³-hybridized carbons (Fsp3) is 0.130. The summed E-state index contributed by atoms with van der Waals surface area (Å²) in [4.78, 5) is 16.6. The van der Waals surface area contributed by atoms with E-state index in [2.05, 4.69) is 16.2 Å². The Morgan fingerprint density at radius 3 is 2.48 bits per heavy atom. The third-order valence-electron chi connectivity index (χ3n) is 4.93. The number of nitrogens with zero attached hydrogens (tertiary/aromatic N) is 5. The molecule has 4 rings (SSSR count). The van der Waals surface area contributed by atoms with Gasteiger partial charge in [0.15, 0.2) is 0 Å². The number of hydrogen-bond donors (Lipinski definition) is 0. The number of rotatable bonds is 5. The van der Waals surface area contributed by atoms with E-state index in [4.69, 9.17) is 9.47 Å². The minimum atomic E-state index is -0.134. The van der Waals surface area contributed by atoms with Gasteiger partial charge in [-0.2, -0.15) is 10.4 Å². The highest BCUT2D eigenvalue weighted by molar-refractivity contribution is 5.82. The van der Waals surface area contributed by atoms with Crippen LogP contribution in [0.25, 0.3) is 27.9 Å². The lowest BCUT2D eigenvalue weighted by atomic mass is 9.99. The average molecular weight is 413 g/mol. The van der Waals surface area contributed by atoms with Crippen LogP contribution in [0.4, 0.5) is 0 Å². The second kappa shape index (κ2) is 8.16. The first kappa shape index (κ1) is 19.9. The van der Waals surface area contributed by atoms with Gasteiger partial charge in [-0.1, -0.05) is 0 Å². The van der Waals surface area contributed by atoms with Gasteiger partial charge in [-0.3, -0.25) is 4.79 Å². The molecule has 0 bridgehead atoms. The lowest BCUT2D eigenvalue weighted by Gasteiger charge is -2.11. The van der Waals surface area contributed by atoms with Crippen molar-refractivity contribution < 1.29 is 9.47 Å². The molecule has 3 aromatic heterocycles. The maximum atomic E-state index is 12.4. The zero-order chi connectivity index (χ0) is 22.0. The number of nitriles is 1. The maximum Gasteiger partial charge on any atom is 0.250 e. The Bertz CT molecular complexity index is 1350. The Balaban J connectivity index is 1.85. The first-order valence-electron chi connectivity index (χ1n) is 9.38. The normalized spacial score (nSPS) is 10.5. The molecule has 0 spiro atoms. The van der Waals surface area contributed by atoms with Crippen molar-refractivity contribution in [1.82, 2.24) is 19.3 Å². The minimum Gasteiger partial charge on any atom is -0.494 e. The fourth-order valence-corrected chi connectivity index (χ4v) is 3.29. The molecule has 0 unspecified atom stereocenters. The molecular formula is C23H19N5O3. The second-order valence-electron chi connectivity index (χ2n) is 6.81. The number of benzene rings is 1. The van der Waals surface area contributed by atoms with Crippen LogP contribution in [0.1, 0.15) is 5.56 Å². The summed E-state index contributed by atoms with van der Waals surface area (Å²) in [6.45, 7) is 0. The van der Waals surface area contributed by atoms with E-state index in [0.29, 0.717) is 22.9 Å². The summed E-state index contributed by atoms with van der Waals surface area (Å²) in [5.41, 5.74) is 4.14. The van der Waals surface area contributed by atoms with Crippen LogP contribution in [0.2, 0.25) is 0 Å². The standard InChI is InChI=1S/C23H19N5O3/c1-27-14-19(18(9-23(27)29)16-5-7-22(31-3)25-11-16)17-12-26-28(13-17)20-8-15(10-24)4-6-21(20)30-2/h4-9,11-14H,1-3H3. The van der Waals surface area contributed by atoms with Gasteiger partial charge in [-0.15, -0.1) is 0 Å². The summed E-state index contributed by atoms with van der Waals surface area (Å²) >= 11 is 0. The molecule has 0 saturated carbocycles. The lowest BCUT2D eigenvalue weighted by molar-refractivity contribution is 0.398. The zero-order valence-electron chi connectivity index (χ0n) is 17.2. The number of methoxy groups -OCH3 is 2. The number of pyridine rings is 2. The molecule has 0 atom stereocenters. The molecule has 1 aromatic carbocycles. The van der Waals surface area contributed by atoms with Gasteiger partial charge < -0.3 is 14.0 Å². The third-order valence-corrected chi connectivity index (χ3v) is 4.93. The van der Waals surface area contributed by atoms with E-state index in [-0.39, 0.29) is 5.56 Å². The van der Waals surface area contributed by atoms with Gasteiger partial charge in [0.1, 0.15) is 11.4 Å². The number of aryl methyl sites for hydroxylation is 1. The van der Waals surface area contributed by atoms with Gasteiger partial charge in [0, 0.05) is 54.5 Å². The van der Waals surface area contributed by atoms with E-state index in [1.165, 1.54) is 4.57 Å². The minimum absolute atomic E-state index is 0.134. The molecule has 4 aromatic rings. The van der Waals surface area contributed by atoms with Crippen LogP contribution < -0.4 is 15.0 Å². The predicted molar refractivity (Wildman–Crippen MR) is 115 cm³/mol. The Morgan fingerprint density at radius 1 is 0.968 bits per heavy atom. The van der Waals surface area contributed by atoms with E-state index in [0.717, 1.165) is 22.3 Å².